The van der Waals surface area contributed by atoms with E-state index in [1.807, 2.05) is 0 Å². The van der Waals surface area contributed by atoms with Gasteiger partial charge in [0.2, 0.25) is 0 Å². The molecule has 0 aliphatic heterocycles. The van der Waals surface area contributed by atoms with Crippen molar-refractivity contribution >= 4 is 22.9 Å². The Labute approximate surface area is 135 Å². The fourth-order valence-corrected chi connectivity index (χ4v) is 4.34. The smallest absolute Gasteiger partial charge is 0.168 e. The first-order valence-electron chi connectivity index (χ1n) is 8.15. The Bertz CT molecular complexity index is 767. The molecule has 4 unspecified atom stereocenters. The maximum Gasteiger partial charge on any atom is 0.168 e. The van der Waals surface area contributed by atoms with E-state index in [0.29, 0.717) is 11.1 Å². The van der Waals surface area contributed by atoms with Crippen LogP contribution in [0.2, 0.25) is 0 Å². The lowest BCUT2D eigenvalue weighted by Gasteiger charge is -2.45. The van der Waals surface area contributed by atoms with Crippen LogP contribution in [0.1, 0.15) is 35.7 Å². The van der Waals surface area contributed by atoms with Gasteiger partial charge in [0.15, 0.2) is 17.3 Å². The van der Waals surface area contributed by atoms with E-state index in [4.69, 9.17) is 0 Å². The van der Waals surface area contributed by atoms with Crippen molar-refractivity contribution in [2.45, 2.75) is 19.8 Å². The third-order valence-corrected chi connectivity index (χ3v) is 5.53. The zero-order valence-electron chi connectivity index (χ0n) is 13.0. The van der Waals surface area contributed by atoms with Gasteiger partial charge in [-0.25, -0.2) is 0 Å². The lowest BCUT2D eigenvalue weighted by molar-refractivity contribution is -0.133. The van der Waals surface area contributed by atoms with Crippen LogP contribution in [0.15, 0.2) is 42.5 Å². The highest BCUT2D eigenvalue weighted by Crippen LogP contribution is 2.49. The number of carbonyl (C=O) groups excluding carboxylic acids is 3. The highest BCUT2D eigenvalue weighted by molar-refractivity contribution is 6.29. The number of Topliss-reactive ketones (excluding diaryl/α,β-unsaturated/α-hetero) is 2. The normalized spacial score (nSPS) is 31.8. The first kappa shape index (κ1) is 14.3. The van der Waals surface area contributed by atoms with E-state index in [9.17, 15) is 14.4 Å². The van der Waals surface area contributed by atoms with Gasteiger partial charge in [-0.3, -0.25) is 14.4 Å². The van der Waals surface area contributed by atoms with Gasteiger partial charge in [0.05, 0.1) is 0 Å². The number of hydrogen-bond donors (Lipinski definition) is 0. The number of benzene rings is 1. The van der Waals surface area contributed by atoms with Crippen molar-refractivity contribution in [2.24, 2.45) is 23.7 Å². The van der Waals surface area contributed by atoms with Gasteiger partial charge < -0.3 is 0 Å². The molecule has 1 aromatic rings. The quantitative estimate of drug-likeness (QED) is 0.622. The summed E-state index contributed by atoms with van der Waals surface area (Å²) in [6.07, 6.45) is 7.79. The van der Waals surface area contributed by atoms with Crippen LogP contribution >= 0.6 is 0 Å². The highest BCUT2D eigenvalue weighted by Gasteiger charge is 2.50. The number of ketones is 3. The molecule has 0 heterocycles. The van der Waals surface area contributed by atoms with Crippen molar-refractivity contribution in [3.8, 4) is 0 Å². The minimum Gasteiger partial charge on any atom is -0.295 e. The van der Waals surface area contributed by atoms with E-state index in [1.165, 1.54) is 13.0 Å². The fraction of sp³-hybridized carbons (Fsp3) is 0.350. The first-order chi connectivity index (χ1) is 11.1. The van der Waals surface area contributed by atoms with Gasteiger partial charge in [0.25, 0.3) is 0 Å². The second-order valence-electron chi connectivity index (χ2n) is 6.80. The van der Waals surface area contributed by atoms with Crippen LogP contribution in [0.4, 0.5) is 0 Å². The summed E-state index contributed by atoms with van der Waals surface area (Å²) in [7, 11) is 0. The van der Waals surface area contributed by atoms with Gasteiger partial charge in [-0.15, -0.1) is 0 Å². The molecule has 0 aromatic heterocycles. The Hall–Kier alpha value is -2.29. The molecule has 116 valence electrons. The third kappa shape index (κ3) is 2.14. The Morgan fingerprint density at radius 1 is 0.957 bits per heavy atom. The molecule has 3 nitrogen and oxygen atoms in total. The molecule has 4 aliphatic rings. The van der Waals surface area contributed by atoms with Crippen molar-refractivity contribution in [1.82, 2.24) is 0 Å². The van der Waals surface area contributed by atoms with Crippen LogP contribution in [0, 0.1) is 23.7 Å². The molecule has 5 rings (SSSR count). The molecule has 0 radical (unpaired) electrons. The maximum absolute atomic E-state index is 13.0. The summed E-state index contributed by atoms with van der Waals surface area (Å²) in [5, 5.41) is 0. The largest absolute Gasteiger partial charge is 0.295 e. The summed E-state index contributed by atoms with van der Waals surface area (Å²) in [6.45, 7) is 1.51. The summed E-state index contributed by atoms with van der Waals surface area (Å²) >= 11 is 0. The minimum absolute atomic E-state index is 0.00799. The molecule has 1 fully saturated rings. The molecule has 4 atom stereocenters. The molecule has 0 N–H and O–H groups in total. The highest BCUT2D eigenvalue weighted by atomic mass is 16.1. The van der Waals surface area contributed by atoms with Crippen LogP contribution in [0.25, 0.3) is 5.57 Å². The third-order valence-electron chi connectivity index (χ3n) is 5.53. The number of hydrogen-bond acceptors (Lipinski definition) is 3. The van der Waals surface area contributed by atoms with Crippen LogP contribution < -0.4 is 0 Å². The van der Waals surface area contributed by atoms with Crippen molar-refractivity contribution in [2.75, 3.05) is 0 Å². The van der Waals surface area contributed by atoms with Gasteiger partial charge in [0.1, 0.15) is 0 Å². The fourth-order valence-electron chi connectivity index (χ4n) is 4.34. The van der Waals surface area contributed by atoms with Gasteiger partial charge >= 0.3 is 0 Å². The van der Waals surface area contributed by atoms with E-state index in [1.54, 1.807) is 24.3 Å². The second-order valence-corrected chi connectivity index (χ2v) is 6.80. The zero-order valence-corrected chi connectivity index (χ0v) is 13.0. The van der Waals surface area contributed by atoms with E-state index in [-0.39, 0.29) is 41.0 Å². The predicted molar refractivity (Wildman–Crippen MR) is 86.8 cm³/mol. The minimum atomic E-state index is -0.196. The number of carbonyl (C=O) groups is 3. The molecule has 0 saturated heterocycles. The maximum atomic E-state index is 13.0. The molecule has 0 amide bonds. The molecule has 1 saturated carbocycles. The summed E-state index contributed by atoms with van der Waals surface area (Å²) in [6, 6.07) is 6.97. The molecule has 2 bridgehead atoms. The van der Waals surface area contributed by atoms with E-state index in [2.05, 4.69) is 12.2 Å². The average molecular weight is 306 g/mol. The Kier molecular flexibility index (Phi) is 3.19. The van der Waals surface area contributed by atoms with Gasteiger partial charge in [-0.1, -0.05) is 36.4 Å². The van der Waals surface area contributed by atoms with Crippen molar-refractivity contribution in [1.29, 1.82) is 0 Å². The molecular weight excluding hydrogens is 288 g/mol. The molecule has 0 spiro atoms. The van der Waals surface area contributed by atoms with Crippen molar-refractivity contribution in [3.05, 3.63) is 53.6 Å². The molecule has 1 aromatic carbocycles. The van der Waals surface area contributed by atoms with E-state index < -0.39 is 0 Å². The zero-order chi connectivity index (χ0) is 16.1. The Morgan fingerprint density at radius 2 is 1.57 bits per heavy atom. The Balaban J connectivity index is 1.73. The van der Waals surface area contributed by atoms with Gasteiger partial charge in [-0.05, 0) is 43.2 Å². The number of allylic oxidation sites excluding steroid dienone is 4. The van der Waals surface area contributed by atoms with Gasteiger partial charge in [0, 0.05) is 23.0 Å². The molecule has 4 aliphatic carbocycles. The lowest BCUT2D eigenvalue weighted by atomic mass is 9.57. The van der Waals surface area contributed by atoms with Gasteiger partial charge in [-0.2, -0.15) is 0 Å². The van der Waals surface area contributed by atoms with E-state index >= 15 is 0 Å². The standard InChI is InChI=1S/C20H18O3/c1-11(21)12-2-4-13(5-3-12)16-10-17(22)18-14-6-8-15(9-7-14)19(18)20(16)23/h2-6,8,10,14-15,18-19H,7,9H2,1H3. The molecule has 3 heteroatoms. The molecule has 23 heavy (non-hydrogen) atoms. The topological polar surface area (TPSA) is 51.2 Å². The predicted octanol–water partition coefficient (Wildman–Crippen LogP) is 3.25. The van der Waals surface area contributed by atoms with Crippen LogP contribution in [-0.4, -0.2) is 17.3 Å². The van der Waals surface area contributed by atoms with Crippen molar-refractivity contribution in [3.63, 3.8) is 0 Å². The lowest BCUT2D eigenvalue weighted by Crippen LogP contribution is -2.47. The molecular formula is C20H18O3. The number of rotatable bonds is 2. The average Bonchev–Trinajstić information content (AvgIpc) is 2.58. The van der Waals surface area contributed by atoms with E-state index in [0.717, 1.165) is 18.4 Å². The summed E-state index contributed by atoms with van der Waals surface area (Å²) in [5.41, 5.74) is 1.85. The van der Waals surface area contributed by atoms with Crippen LogP contribution in [-0.2, 0) is 9.59 Å². The summed E-state index contributed by atoms with van der Waals surface area (Å²) < 4.78 is 0. The summed E-state index contributed by atoms with van der Waals surface area (Å²) in [4.78, 5) is 37.0. The van der Waals surface area contributed by atoms with Crippen molar-refractivity contribution < 1.29 is 14.4 Å². The monoisotopic (exact) mass is 306 g/mol. The second kappa shape index (κ2) is 5.12. The number of fused-ring (bicyclic) bond motifs is 1. The van der Waals surface area contributed by atoms with Crippen LogP contribution in [0.5, 0.6) is 0 Å². The summed E-state index contributed by atoms with van der Waals surface area (Å²) in [5.74, 6) is 0.223. The SMILES string of the molecule is CC(=O)c1ccc(C2=CC(=O)C3C4C=CC(CC4)C3C2=O)cc1. The first-order valence-corrected chi connectivity index (χ1v) is 8.15. The van der Waals surface area contributed by atoms with Crippen LogP contribution in [0.3, 0.4) is 0 Å². The Morgan fingerprint density at radius 3 is 2.13 bits per heavy atom.